The van der Waals surface area contributed by atoms with Crippen LogP contribution in [0.25, 0.3) is 0 Å². The van der Waals surface area contributed by atoms with Crippen LogP contribution in [0.4, 0.5) is 0 Å². The van der Waals surface area contributed by atoms with Gasteiger partial charge in [0.15, 0.2) is 0 Å². The van der Waals surface area contributed by atoms with E-state index in [0.29, 0.717) is 12.1 Å². The Labute approximate surface area is 106 Å². The Balaban J connectivity index is 1.66. The summed E-state index contributed by atoms with van der Waals surface area (Å²) >= 11 is 0. The zero-order chi connectivity index (χ0) is 12.1. The zero-order valence-corrected chi connectivity index (χ0v) is 11.5. The first-order valence-electron chi connectivity index (χ1n) is 7.32. The van der Waals surface area contributed by atoms with Gasteiger partial charge in [0.2, 0.25) is 0 Å². The summed E-state index contributed by atoms with van der Waals surface area (Å²) < 4.78 is 5.46. The first-order valence-corrected chi connectivity index (χ1v) is 7.32. The lowest BCUT2D eigenvalue weighted by molar-refractivity contribution is 0.170. The van der Waals surface area contributed by atoms with Gasteiger partial charge in [0.1, 0.15) is 0 Å². The van der Waals surface area contributed by atoms with Crippen molar-refractivity contribution in [2.75, 3.05) is 32.8 Å². The van der Waals surface area contributed by atoms with E-state index >= 15 is 0 Å². The molecule has 2 saturated heterocycles. The third kappa shape index (κ3) is 4.23. The van der Waals surface area contributed by atoms with Gasteiger partial charge in [-0.25, -0.2) is 0 Å². The summed E-state index contributed by atoms with van der Waals surface area (Å²) in [5.74, 6) is 0.721. The van der Waals surface area contributed by atoms with Crippen molar-refractivity contribution in [2.45, 2.75) is 51.6 Å². The number of ether oxygens (including phenoxy) is 1. The Hall–Kier alpha value is -0.120. The van der Waals surface area contributed by atoms with E-state index in [1.807, 2.05) is 0 Å². The molecule has 0 radical (unpaired) electrons. The van der Waals surface area contributed by atoms with Gasteiger partial charge in [0, 0.05) is 25.2 Å². The van der Waals surface area contributed by atoms with Crippen LogP contribution in [0.1, 0.15) is 39.5 Å². The van der Waals surface area contributed by atoms with E-state index in [1.165, 1.54) is 45.3 Å². The number of nitrogens with zero attached hydrogens (tertiary/aromatic N) is 1. The highest BCUT2D eigenvalue weighted by molar-refractivity contribution is 4.80. The Kier molecular flexibility index (Phi) is 5.26. The van der Waals surface area contributed by atoms with Crippen molar-refractivity contribution in [3.8, 4) is 0 Å². The Morgan fingerprint density at radius 1 is 1.24 bits per heavy atom. The highest BCUT2D eigenvalue weighted by Crippen LogP contribution is 2.17. The molecule has 3 nitrogen and oxygen atoms in total. The molecule has 0 aromatic rings. The Morgan fingerprint density at radius 3 is 2.65 bits per heavy atom. The molecule has 0 aliphatic carbocycles. The predicted octanol–water partition coefficient (Wildman–Crippen LogP) is 1.88. The van der Waals surface area contributed by atoms with E-state index in [0.717, 1.165) is 19.1 Å². The molecule has 0 bridgehead atoms. The number of rotatable bonds is 5. The summed E-state index contributed by atoms with van der Waals surface area (Å²) in [5.41, 5.74) is 0. The summed E-state index contributed by atoms with van der Waals surface area (Å²) in [6, 6.07) is 1.20. The third-order valence-electron chi connectivity index (χ3n) is 4.20. The first kappa shape index (κ1) is 13.3. The van der Waals surface area contributed by atoms with Crippen LogP contribution in [0.5, 0.6) is 0 Å². The molecule has 17 heavy (non-hydrogen) atoms. The molecule has 3 heteroatoms. The highest BCUT2D eigenvalue weighted by atomic mass is 16.5. The van der Waals surface area contributed by atoms with Crippen LogP contribution in [0.15, 0.2) is 0 Å². The number of piperidine rings is 1. The summed E-state index contributed by atoms with van der Waals surface area (Å²) in [4.78, 5) is 2.61. The molecular formula is C14H28N2O. The van der Waals surface area contributed by atoms with Crippen LogP contribution in [0.2, 0.25) is 0 Å². The topological polar surface area (TPSA) is 24.5 Å². The molecule has 0 saturated carbocycles. The van der Waals surface area contributed by atoms with Crippen molar-refractivity contribution in [3.05, 3.63) is 0 Å². The molecule has 2 fully saturated rings. The molecule has 0 spiro atoms. The van der Waals surface area contributed by atoms with Crippen LogP contribution >= 0.6 is 0 Å². The third-order valence-corrected chi connectivity index (χ3v) is 4.20. The second kappa shape index (κ2) is 6.72. The fraction of sp³-hybridized carbons (Fsp3) is 1.00. The summed E-state index contributed by atoms with van der Waals surface area (Å²) in [6.07, 6.45) is 5.43. The predicted molar refractivity (Wildman–Crippen MR) is 71.3 cm³/mol. The zero-order valence-electron chi connectivity index (χ0n) is 11.5. The molecule has 0 aromatic heterocycles. The minimum Gasteiger partial charge on any atom is -0.381 e. The van der Waals surface area contributed by atoms with Gasteiger partial charge in [-0.05, 0) is 52.1 Å². The molecule has 3 unspecified atom stereocenters. The Bertz CT molecular complexity index is 210. The maximum Gasteiger partial charge on any atom is 0.0509 e. The molecule has 2 aliphatic rings. The van der Waals surface area contributed by atoms with Gasteiger partial charge in [-0.15, -0.1) is 0 Å². The highest BCUT2D eigenvalue weighted by Gasteiger charge is 2.23. The van der Waals surface area contributed by atoms with E-state index in [9.17, 15) is 0 Å². The summed E-state index contributed by atoms with van der Waals surface area (Å²) in [7, 11) is 0. The summed E-state index contributed by atoms with van der Waals surface area (Å²) in [5, 5.41) is 3.75. The molecule has 2 rings (SSSR count). The van der Waals surface area contributed by atoms with Crippen molar-refractivity contribution < 1.29 is 4.74 Å². The van der Waals surface area contributed by atoms with Crippen LogP contribution in [0, 0.1) is 5.92 Å². The van der Waals surface area contributed by atoms with Gasteiger partial charge in [-0.1, -0.05) is 6.42 Å². The number of likely N-dealkylation sites (tertiary alicyclic amines) is 1. The largest absolute Gasteiger partial charge is 0.381 e. The van der Waals surface area contributed by atoms with Crippen LogP contribution in [-0.2, 0) is 4.74 Å². The fourth-order valence-corrected chi connectivity index (χ4v) is 3.11. The lowest BCUT2D eigenvalue weighted by Gasteiger charge is -2.31. The smallest absolute Gasteiger partial charge is 0.0509 e. The standard InChI is InChI=1S/C14H28N2O/c1-12(10-16-7-4-3-5-8-16)15-13(2)14-6-9-17-11-14/h12-15H,3-11H2,1-2H3. The van der Waals surface area contributed by atoms with Crippen molar-refractivity contribution >= 4 is 0 Å². The van der Waals surface area contributed by atoms with E-state index in [-0.39, 0.29) is 0 Å². The Morgan fingerprint density at radius 2 is 2.00 bits per heavy atom. The van der Waals surface area contributed by atoms with Crippen molar-refractivity contribution in [2.24, 2.45) is 5.92 Å². The monoisotopic (exact) mass is 240 g/mol. The maximum absolute atomic E-state index is 5.46. The van der Waals surface area contributed by atoms with Gasteiger partial charge < -0.3 is 15.0 Å². The lowest BCUT2D eigenvalue weighted by Crippen LogP contribution is -2.46. The van der Waals surface area contributed by atoms with Gasteiger partial charge in [-0.2, -0.15) is 0 Å². The molecule has 0 amide bonds. The molecular weight excluding hydrogens is 212 g/mol. The first-order chi connectivity index (χ1) is 8.25. The van der Waals surface area contributed by atoms with E-state index in [2.05, 4.69) is 24.1 Å². The minimum absolute atomic E-state index is 0.595. The van der Waals surface area contributed by atoms with Gasteiger partial charge in [-0.3, -0.25) is 0 Å². The average molecular weight is 240 g/mol. The quantitative estimate of drug-likeness (QED) is 0.794. The SMILES string of the molecule is CC(CN1CCCCC1)NC(C)C1CCOC1. The lowest BCUT2D eigenvalue weighted by atomic mass is 10.00. The van der Waals surface area contributed by atoms with E-state index < -0.39 is 0 Å². The minimum atomic E-state index is 0.595. The number of nitrogens with one attached hydrogen (secondary N) is 1. The number of hydrogen-bond acceptors (Lipinski definition) is 3. The van der Waals surface area contributed by atoms with Crippen molar-refractivity contribution in [1.29, 1.82) is 0 Å². The molecule has 1 N–H and O–H groups in total. The van der Waals surface area contributed by atoms with Gasteiger partial charge in [0.25, 0.3) is 0 Å². The van der Waals surface area contributed by atoms with E-state index in [4.69, 9.17) is 4.74 Å². The molecule has 100 valence electrons. The fourth-order valence-electron chi connectivity index (χ4n) is 3.11. The molecule has 2 heterocycles. The van der Waals surface area contributed by atoms with Gasteiger partial charge in [0.05, 0.1) is 6.61 Å². The molecule has 2 aliphatic heterocycles. The number of hydrogen-bond donors (Lipinski definition) is 1. The van der Waals surface area contributed by atoms with Crippen molar-refractivity contribution in [3.63, 3.8) is 0 Å². The second-order valence-corrected chi connectivity index (χ2v) is 5.84. The summed E-state index contributed by atoms with van der Waals surface area (Å²) in [6.45, 7) is 10.3. The molecule has 0 aromatic carbocycles. The maximum atomic E-state index is 5.46. The van der Waals surface area contributed by atoms with Crippen LogP contribution in [0.3, 0.4) is 0 Å². The normalized spacial score (nSPS) is 30.4. The van der Waals surface area contributed by atoms with Gasteiger partial charge >= 0.3 is 0 Å². The molecule has 3 atom stereocenters. The van der Waals surface area contributed by atoms with Crippen LogP contribution < -0.4 is 5.32 Å². The average Bonchev–Trinajstić information content (AvgIpc) is 2.83. The van der Waals surface area contributed by atoms with E-state index in [1.54, 1.807) is 0 Å². The second-order valence-electron chi connectivity index (χ2n) is 5.84. The van der Waals surface area contributed by atoms with Crippen LogP contribution in [-0.4, -0.2) is 49.8 Å². The van der Waals surface area contributed by atoms with Crippen molar-refractivity contribution in [1.82, 2.24) is 10.2 Å².